The first-order chi connectivity index (χ1) is 9.51. The fraction of sp³-hybridized carbons (Fsp3) is 0.133. The number of hydrogen-bond acceptors (Lipinski definition) is 3. The number of rotatable bonds is 3. The largest absolute Gasteiger partial charge is 0.508 e. The Balaban J connectivity index is 2.36. The number of carbonyl (C=O) groups is 1. The molecular weight excluding hydrogens is 261 g/mol. The van der Waals surface area contributed by atoms with E-state index < -0.39 is 0 Å². The molecule has 0 aromatic heterocycles. The molecule has 0 spiro atoms. The Morgan fingerprint density at radius 2 is 1.65 bits per heavy atom. The molecule has 20 heavy (non-hydrogen) atoms. The van der Waals surface area contributed by atoms with E-state index in [1.807, 2.05) is 0 Å². The standard InChI is InChI=1S/C15H14FNO3/c1-2-17(12-5-3-11(16)4-6-12)15(20)10-7-13(18)9-14(19)8-10/h3-9,18-19H,2H2,1H3. The van der Waals surface area contributed by atoms with Crippen LogP contribution in [0.15, 0.2) is 42.5 Å². The molecule has 0 saturated heterocycles. The van der Waals surface area contributed by atoms with Crippen LogP contribution >= 0.6 is 0 Å². The zero-order chi connectivity index (χ0) is 14.7. The highest BCUT2D eigenvalue weighted by Gasteiger charge is 2.17. The first-order valence-electron chi connectivity index (χ1n) is 6.11. The lowest BCUT2D eigenvalue weighted by molar-refractivity contribution is 0.0987. The van der Waals surface area contributed by atoms with Crippen LogP contribution in [0.2, 0.25) is 0 Å². The Kier molecular flexibility index (Phi) is 3.89. The molecule has 0 aliphatic rings. The summed E-state index contributed by atoms with van der Waals surface area (Å²) in [5.74, 6) is -1.15. The van der Waals surface area contributed by atoms with Gasteiger partial charge in [-0.15, -0.1) is 0 Å². The summed E-state index contributed by atoms with van der Waals surface area (Å²) in [6.07, 6.45) is 0. The molecule has 104 valence electrons. The van der Waals surface area contributed by atoms with Crippen molar-refractivity contribution in [2.24, 2.45) is 0 Å². The van der Waals surface area contributed by atoms with Crippen LogP contribution in [0.4, 0.5) is 10.1 Å². The molecule has 0 radical (unpaired) electrons. The minimum Gasteiger partial charge on any atom is -0.508 e. The maximum Gasteiger partial charge on any atom is 0.258 e. The van der Waals surface area contributed by atoms with Gasteiger partial charge in [-0.25, -0.2) is 4.39 Å². The molecule has 0 saturated carbocycles. The van der Waals surface area contributed by atoms with E-state index in [-0.39, 0.29) is 28.8 Å². The second kappa shape index (κ2) is 5.61. The number of carbonyl (C=O) groups excluding carboxylic acids is 1. The third kappa shape index (κ3) is 2.88. The fourth-order valence-corrected chi connectivity index (χ4v) is 1.94. The molecular formula is C15H14FNO3. The second-order valence-electron chi connectivity index (χ2n) is 4.26. The van der Waals surface area contributed by atoms with Crippen LogP contribution in [0.5, 0.6) is 11.5 Å². The Morgan fingerprint density at radius 3 is 2.15 bits per heavy atom. The van der Waals surface area contributed by atoms with Gasteiger partial charge in [-0.2, -0.15) is 0 Å². The zero-order valence-electron chi connectivity index (χ0n) is 10.9. The average molecular weight is 275 g/mol. The maximum absolute atomic E-state index is 12.9. The van der Waals surface area contributed by atoms with E-state index in [9.17, 15) is 19.4 Å². The van der Waals surface area contributed by atoms with Gasteiger partial charge in [-0.3, -0.25) is 4.79 Å². The van der Waals surface area contributed by atoms with Crippen molar-refractivity contribution in [3.05, 3.63) is 53.8 Å². The molecule has 1 amide bonds. The molecule has 2 N–H and O–H groups in total. The van der Waals surface area contributed by atoms with Crippen LogP contribution in [-0.2, 0) is 0 Å². The van der Waals surface area contributed by atoms with Gasteiger partial charge < -0.3 is 15.1 Å². The average Bonchev–Trinajstić information content (AvgIpc) is 2.40. The molecule has 0 unspecified atom stereocenters. The van der Waals surface area contributed by atoms with Crippen molar-refractivity contribution < 1.29 is 19.4 Å². The van der Waals surface area contributed by atoms with Crippen molar-refractivity contribution in [1.82, 2.24) is 0 Å². The third-order valence-corrected chi connectivity index (χ3v) is 2.85. The lowest BCUT2D eigenvalue weighted by Gasteiger charge is -2.21. The molecule has 4 nitrogen and oxygen atoms in total. The van der Waals surface area contributed by atoms with Gasteiger partial charge in [0.25, 0.3) is 5.91 Å². The van der Waals surface area contributed by atoms with Crippen molar-refractivity contribution in [1.29, 1.82) is 0 Å². The molecule has 0 bridgehead atoms. The van der Waals surface area contributed by atoms with Crippen molar-refractivity contribution in [2.45, 2.75) is 6.92 Å². The Morgan fingerprint density at radius 1 is 1.10 bits per heavy atom. The summed E-state index contributed by atoms with van der Waals surface area (Å²) in [4.78, 5) is 13.8. The van der Waals surface area contributed by atoms with Gasteiger partial charge in [-0.1, -0.05) is 0 Å². The lowest BCUT2D eigenvalue weighted by Crippen LogP contribution is -2.30. The van der Waals surface area contributed by atoms with Gasteiger partial charge >= 0.3 is 0 Å². The maximum atomic E-state index is 12.9. The highest BCUT2D eigenvalue weighted by molar-refractivity contribution is 6.06. The van der Waals surface area contributed by atoms with Crippen molar-refractivity contribution in [3.63, 3.8) is 0 Å². The molecule has 0 aliphatic carbocycles. The number of halogens is 1. The Bertz CT molecular complexity index is 605. The Labute approximate surface area is 115 Å². The highest BCUT2D eigenvalue weighted by atomic mass is 19.1. The van der Waals surface area contributed by atoms with E-state index in [1.54, 1.807) is 6.92 Å². The van der Waals surface area contributed by atoms with E-state index >= 15 is 0 Å². The van der Waals surface area contributed by atoms with Gasteiger partial charge in [0.2, 0.25) is 0 Å². The minimum atomic E-state index is -0.384. The van der Waals surface area contributed by atoms with Crippen LogP contribution in [-0.4, -0.2) is 22.7 Å². The molecule has 2 aromatic carbocycles. The zero-order valence-corrected chi connectivity index (χ0v) is 10.9. The first-order valence-corrected chi connectivity index (χ1v) is 6.11. The van der Waals surface area contributed by atoms with Gasteiger partial charge in [-0.05, 0) is 43.3 Å². The van der Waals surface area contributed by atoms with Gasteiger partial charge in [0.1, 0.15) is 17.3 Å². The summed E-state index contributed by atoms with van der Waals surface area (Å²) in [7, 11) is 0. The number of benzene rings is 2. The summed E-state index contributed by atoms with van der Waals surface area (Å²) in [5, 5.41) is 18.8. The summed E-state index contributed by atoms with van der Waals surface area (Å²) in [5.41, 5.74) is 0.704. The number of aromatic hydroxyl groups is 2. The molecule has 0 atom stereocenters. The second-order valence-corrected chi connectivity index (χ2v) is 4.26. The summed E-state index contributed by atoms with van der Waals surface area (Å²) in [6, 6.07) is 9.22. The monoisotopic (exact) mass is 275 g/mol. The normalized spacial score (nSPS) is 10.3. The smallest absolute Gasteiger partial charge is 0.258 e. The highest BCUT2D eigenvalue weighted by Crippen LogP contribution is 2.24. The summed E-state index contributed by atoms with van der Waals surface area (Å²) < 4.78 is 12.9. The molecule has 5 heteroatoms. The number of anilines is 1. The minimum absolute atomic E-state index is 0.161. The van der Waals surface area contributed by atoms with Crippen molar-refractivity contribution in [2.75, 3.05) is 11.4 Å². The van der Waals surface area contributed by atoms with Gasteiger partial charge in [0.15, 0.2) is 0 Å². The molecule has 2 rings (SSSR count). The van der Waals surface area contributed by atoms with Crippen LogP contribution in [0.3, 0.4) is 0 Å². The third-order valence-electron chi connectivity index (χ3n) is 2.85. The van der Waals surface area contributed by atoms with Crippen molar-refractivity contribution >= 4 is 11.6 Å². The molecule has 0 heterocycles. The number of hydrogen-bond donors (Lipinski definition) is 2. The topological polar surface area (TPSA) is 60.8 Å². The van der Waals surface area contributed by atoms with Crippen molar-refractivity contribution in [3.8, 4) is 11.5 Å². The lowest BCUT2D eigenvalue weighted by atomic mass is 10.1. The van der Waals surface area contributed by atoms with E-state index in [2.05, 4.69) is 0 Å². The Hall–Kier alpha value is -2.56. The van der Waals surface area contributed by atoms with E-state index in [4.69, 9.17) is 0 Å². The van der Waals surface area contributed by atoms with E-state index in [0.717, 1.165) is 6.07 Å². The summed E-state index contributed by atoms with van der Waals surface area (Å²) in [6.45, 7) is 2.16. The SMILES string of the molecule is CCN(C(=O)c1cc(O)cc(O)c1)c1ccc(F)cc1. The van der Waals surface area contributed by atoms with Crippen LogP contribution in [0.25, 0.3) is 0 Å². The number of amides is 1. The van der Waals surface area contributed by atoms with Gasteiger partial charge in [0.05, 0.1) is 0 Å². The number of phenols is 2. The first kappa shape index (κ1) is 13.9. The number of phenolic OH excluding ortho intramolecular Hbond substituents is 2. The van der Waals surface area contributed by atoms with Crippen LogP contribution in [0.1, 0.15) is 17.3 Å². The molecule has 0 aliphatic heterocycles. The number of nitrogens with zero attached hydrogens (tertiary/aromatic N) is 1. The van der Waals surface area contributed by atoms with Gasteiger partial charge in [0, 0.05) is 23.9 Å². The fourth-order valence-electron chi connectivity index (χ4n) is 1.94. The van der Waals surface area contributed by atoms with E-state index in [1.165, 1.54) is 41.3 Å². The summed E-state index contributed by atoms with van der Waals surface area (Å²) >= 11 is 0. The molecule has 0 fully saturated rings. The van der Waals surface area contributed by atoms with Crippen LogP contribution < -0.4 is 4.90 Å². The van der Waals surface area contributed by atoms with E-state index in [0.29, 0.717) is 12.2 Å². The van der Waals surface area contributed by atoms with Crippen LogP contribution in [0, 0.1) is 5.82 Å². The predicted octanol–water partition coefficient (Wildman–Crippen LogP) is 2.90. The predicted molar refractivity (Wildman–Crippen MR) is 73.5 cm³/mol. The quantitative estimate of drug-likeness (QED) is 0.905. The molecule has 2 aromatic rings.